The zero-order valence-corrected chi connectivity index (χ0v) is 13.7. The maximum absolute atomic E-state index is 12.9. The molecule has 1 N–H and O–H groups in total. The summed E-state index contributed by atoms with van der Waals surface area (Å²) in [6.07, 6.45) is -3.51. The summed E-state index contributed by atoms with van der Waals surface area (Å²) in [5.41, 5.74) is -1.34. The SMILES string of the molecule is CCc1c(C(F)(F)F)noc1NC(=O)C1CCCN1C(=O)C(C)C. The number of alkyl halides is 3. The minimum Gasteiger partial charge on any atom is -0.338 e. The third-order valence-corrected chi connectivity index (χ3v) is 3.98. The molecule has 2 amide bonds. The van der Waals surface area contributed by atoms with Crippen LogP contribution in [-0.4, -0.2) is 34.5 Å². The molecule has 0 spiro atoms. The van der Waals surface area contributed by atoms with Gasteiger partial charge in [0.1, 0.15) is 6.04 Å². The number of hydrogen-bond acceptors (Lipinski definition) is 4. The molecule has 0 saturated carbocycles. The number of anilines is 1. The van der Waals surface area contributed by atoms with Crippen molar-refractivity contribution in [3.05, 3.63) is 11.3 Å². The largest absolute Gasteiger partial charge is 0.437 e. The minimum absolute atomic E-state index is 0.00720. The molecule has 0 aromatic carbocycles. The van der Waals surface area contributed by atoms with Crippen molar-refractivity contribution in [1.29, 1.82) is 0 Å². The van der Waals surface area contributed by atoms with Gasteiger partial charge in [-0.2, -0.15) is 13.2 Å². The summed E-state index contributed by atoms with van der Waals surface area (Å²) < 4.78 is 43.2. The third-order valence-electron chi connectivity index (χ3n) is 3.98. The lowest BCUT2D eigenvalue weighted by Gasteiger charge is -2.25. The third kappa shape index (κ3) is 3.54. The first-order valence-corrected chi connectivity index (χ1v) is 7.83. The fourth-order valence-electron chi connectivity index (χ4n) is 2.79. The molecule has 1 unspecified atom stereocenters. The molecule has 6 nitrogen and oxygen atoms in total. The van der Waals surface area contributed by atoms with Crippen molar-refractivity contribution in [2.45, 2.75) is 52.3 Å². The average Bonchev–Trinajstić information content (AvgIpc) is 3.11. The summed E-state index contributed by atoms with van der Waals surface area (Å²) in [5.74, 6) is -1.27. The number of likely N-dealkylation sites (tertiary alicyclic amines) is 1. The van der Waals surface area contributed by atoms with Crippen LogP contribution in [0.3, 0.4) is 0 Å². The maximum atomic E-state index is 12.9. The molecule has 2 rings (SSSR count). The standard InChI is InChI=1S/C15H20F3N3O3/c1-4-9-11(15(16,17)18)20-24-13(9)19-12(22)10-6-5-7-21(10)14(23)8(2)3/h8,10H,4-7H2,1-3H3,(H,19,22). The molecule has 134 valence electrons. The molecule has 2 heterocycles. The first-order chi connectivity index (χ1) is 11.2. The Balaban J connectivity index is 2.18. The Morgan fingerprint density at radius 3 is 2.62 bits per heavy atom. The second kappa shape index (κ2) is 6.82. The van der Waals surface area contributed by atoms with Crippen molar-refractivity contribution in [3.63, 3.8) is 0 Å². The van der Waals surface area contributed by atoms with Crippen LogP contribution in [0.1, 0.15) is 44.9 Å². The van der Waals surface area contributed by atoms with Gasteiger partial charge < -0.3 is 9.42 Å². The van der Waals surface area contributed by atoms with Crippen LogP contribution in [0, 0.1) is 5.92 Å². The molecule has 9 heteroatoms. The van der Waals surface area contributed by atoms with Crippen molar-refractivity contribution in [3.8, 4) is 0 Å². The lowest BCUT2D eigenvalue weighted by molar-refractivity contribution is -0.143. The molecule has 1 aromatic rings. The zero-order valence-electron chi connectivity index (χ0n) is 13.7. The van der Waals surface area contributed by atoms with E-state index in [1.54, 1.807) is 13.8 Å². The summed E-state index contributed by atoms with van der Waals surface area (Å²) in [6, 6.07) is -0.705. The van der Waals surface area contributed by atoms with Gasteiger partial charge in [-0.05, 0) is 19.3 Å². The van der Waals surface area contributed by atoms with E-state index in [0.717, 1.165) is 0 Å². The quantitative estimate of drug-likeness (QED) is 0.909. The fourth-order valence-corrected chi connectivity index (χ4v) is 2.79. The predicted octanol–water partition coefficient (Wildman–Crippen LogP) is 2.84. The Morgan fingerprint density at radius 1 is 1.42 bits per heavy atom. The number of nitrogens with zero attached hydrogens (tertiary/aromatic N) is 2. The molecule has 1 atom stereocenters. The van der Waals surface area contributed by atoms with E-state index in [9.17, 15) is 22.8 Å². The van der Waals surface area contributed by atoms with Gasteiger partial charge >= 0.3 is 6.18 Å². The summed E-state index contributed by atoms with van der Waals surface area (Å²) >= 11 is 0. The van der Waals surface area contributed by atoms with Crippen LogP contribution in [0.2, 0.25) is 0 Å². The number of aromatic nitrogens is 1. The lowest BCUT2D eigenvalue weighted by Crippen LogP contribution is -2.44. The molecule has 1 fully saturated rings. The van der Waals surface area contributed by atoms with E-state index in [4.69, 9.17) is 0 Å². The highest BCUT2D eigenvalue weighted by molar-refractivity contribution is 5.97. The Labute approximate surface area is 137 Å². The van der Waals surface area contributed by atoms with E-state index in [-0.39, 0.29) is 29.7 Å². The van der Waals surface area contributed by atoms with E-state index in [1.165, 1.54) is 11.8 Å². The number of carbonyl (C=O) groups is 2. The van der Waals surface area contributed by atoms with Gasteiger partial charge in [0.05, 0.1) is 0 Å². The molecule has 1 aliphatic rings. The number of rotatable bonds is 4. The molecule has 1 aliphatic heterocycles. The summed E-state index contributed by atoms with van der Waals surface area (Å²) in [7, 11) is 0. The van der Waals surface area contributed by atoms with Crippen LogP contribution in [-0.2, 0) is 22.2 Å². The number of carbonyl (C=O) groups excluding carboxylic acids is 2. The van der Waals surface area contributed by atoms with Crippen molar-refractivity contribution in [1.82, 2.24) is 10.1 Å². The van der Waals surface area contributed by atoms with E-state index in [2.05, 4.69) is 15.0 Å². The summed E-state index contributed by atoms with van der Waals surface area (Å²) in [6.45, 7) is 5.44. The van der Waals surface area contributed by atoms with Crippen LogP contribution in [0.5, 0.6) is 0 Å². The molecule has 24 heavy (non-hydrogen) atoms. The zero-order chi connectivity index (χ0) is 18.1. The van der Waals surface area contributed by atoms with Gasteiger partial charge in [0.25, 0.3) is 0 Å². The van der Waals surface area contributed by atoms with Gasteiger partial charge in [-0.25, -0.2) is 0 Å². The number of halogens is 3. The van der Waals surface area contributed by atoms with Crippen LogP contribution >= 0.6 is 0 Å². The minimum atomic E-state index is -4.65. The van der Waals surface area contributed by atoms with Crippen LogP contribution in [0.4, 0.5) is 19.1 Å². The number of amides is 2. The Morgan fingerprint density at radius 2 is 2.08 bits per heavy atom. The second-order valence-corrected chi connectivity index (χ2v) is 6.02. The van der Waals surface area contributed by atoms with Crippen molar-refractivity contribution < 1.29 is 27.3 Å². The first kappa shape index (κ1) is 18.3. The van der Waals surface area contributed by atoms with Crippen LogP contribution in [0.15, 0.2) is 4.52 Å². The molecule has 0 bridgehead atoms. The summed E-state index contributed by atoms with van der Waals surface area (Å²) in [5, 5.41) is 5.38. The second-order valence-electron chi connectivity index (χ2n) is 6.02. The van der Waals surface area contributed by atoms with Crippen molar-refractivity contribution in [2.75, 3.05) is 11.9 Å². The van der Waals surface area contributed by atoms with Gasteiger partial charge in [-0.3, -0.25) is 14.9 Å². The smallest absolute Gasteiger partial charge is 0.338 e. The highest BCUT2D eigenvalue weighted by Gasteiger charge is 2.40. The predicted molar refractivity (Wildman–Crippen MR) is 79.1 cm³/mol. The molecule has 1 saturated heterocycles. The average molecular weight is 347 g/mol. The first-order valence-electron chi connectivity index (χ1n) is 7.83. The normalized spacial score (nSPS) is 18.3. The Bertz CT molecular complexity index is 625. The molecular formula is C15H20F3N3O3. The number of hydrogen-bond donors (Lipinski definition) is 1. The van der Waals surface area contributed by atoms with E-state index >= 15 is 0 Å². The molecule has 1 aromatic heterocycles. The van der Waals surface area contributed by atoms with Crippen molar-refractivity contribution >= 4 is 17.7 Å². The highest BCUT2D eigenvalue weighted by atomic mass is 19.4. The van der Waals surface area contributed by atoms with E-state index in [0.29, 0.717) is 19.4 Å². The monoisotopic (exact) mass is 347 g/mol. The maximum Gasteiger partial charge on any atom is 0.437 e. The van der Waals surface area contributed by atoms with Crippen LogP contribution in [0.25, 0.3) is 0 Å². The van der Waals surface area contributed by atoms with E-state index < -0.39 is 23.8 Å². The fraction of sp³-hybridized carbons (Fsp3) is 0.667. The lowest BCUT2D eigenvalue weighted by atomic mass is 10.1. The number of nitrogens with one attached hydrogen (secondary N) is 1. The highest BCUT2D eigenvalue weighted by Crippen LogP contribution is 2.35. The van der Waals surface area contributed by atoms with E-state index in [1.807, 2.05) is 0 Å². The Kier molecular flexibility index (Phi) is 5.19. The Hall–Kier alpha value is -2.06. The van der Waals surface area contributed by atoms with Gasteiger partial charge in [0, 0.05) is 18.0 Å². The molecule has 0 radical (unpaired) electrons. The van der Waals surface area contributed by atoms with Crippen molar-refractivity contribution in [2.24, 2.45) is 5.92 Å². The van der Waals surface area contributed by atoms with Crippen LogP contribution < -0.4 is 5.32 Å². The van der Waals surface area contributed by atoms with Gasteiger partial charge in [-0.1, -0.05) is 25.9 Å². The van der Waals surface area contributed by atoms with Gasteiger partial charge in [0.2, 0.25) is 17.7 Å². The van der Waals surface area contributed by atoms with Gasteiger partial charge in [0.15, 0.2) is 5.69 Å². The topological polar surface area (TPSA) is 75.4 Å². The molecule has 0 aliphatic carbocycles. The van der Waals surface area contributed by atoms with Gasteiger partial charge in [-0.15, -0.1) is 0 Å². The summed E-state index contributed by atoms with van der Waals surface area (Å²) in [4.78, 5) is 26.0. The molecular weight excluding hydrogens is 327 g/mol.